The second-order valence-electron chi connectivity index (χ2n) is 7.37. The highest BCUT2D eigenvalue weighted by atomic mass is 19.4. The van der Waals surface area contributed by atoms with Crippen molar-refractivity contribution in [2.24, 2.45) is 5.92 Å². The predicted octanol–water partition coefficient (Wildman–Crippen LogP) is 2.76. The first-order chi connectivity index (χ1) is 14.7. The summed E-state index contributed by atoms with van der Waals surface area (Å²) in [5, 5.41) is 6.15. The van der Waals surface area contributed by atoms with E-state index in [1.165, 1.54) is 18.2 Å². The van der Waals surface area contributed by atoms with Crippen molar-refractivity contribution in [2.75, 3.05) is 26.8 Å². The quantitative estimate of drug-likeness (QED) is 0.694. The molecule has 1 aliphatic heterocycles. The summed E-state index contributed by atoms with van der Waals surface area (Å²) in [6.07, 6.45) is -3.43. The number of likely N-dealkylation sites (tertiary alicyclic amines) is 1. The maximum Gasteiger partial charge on any atom is 0.471 e. The van der Waals surface area contributed by atoms with Gasteiger partial charge in [-0.05, 0) is 31.9 Å². The molecule has 0 aliphatic carbocycles. The van der Waals surface area contributed by atoms with Crippen LogP contribution < -0.4 is 5.32 Å². The molecule has 168 valence electrons. The van der Waals surface area contributed by atoms with E-state index >= 15 is 0 Å². The van der Waals surface area contributed by atoms with Crippen molar-refractivity contribution in [1.29, 1.82) is 0 Å². The van der Waals surface area contributed by atoms with E-state index in [4.69, 9.17) is 4.74 Å². The molecule has 31 heavy (non-hydrogen) atoms. The standard InChI is InChI=1S/C20H23F3N4O4/c1-12-6-7-15(17(28)24-8-9-30-2)11-27(12)18(29)14-5-3-4-13(10-14)16-25-19(31-26-16)20(21,22)23/h3-5,10,12,15H,6-9,11H2,1-2H3,(H,24,28)/t12-,15-/m0/s1. The summed E-state index contributed by atoms with van der Waals surface area (Å²) in [6.45, 7) is 2.94. The van der Waals surface area contributed by atoms with Gasteiger partial charge in [0.15, 0.2) is 0 Å². The normalized spacial score (nSPS) is 19.3. The number of aromatic nitrogens is 2. The number of hydrogen-bond acceptors (Lipinski definition) is 6. The molecule has 0 spiro atoms. The molecule has 1 aromatic heterocycles. The number of nitrogens with one attached hydrogen (secondary N) is 1. The van der Waals surface area contributed by atoms with Gasteiger partial charge in [0.05, 0.1) is 12.5 Å². The average molecular weight is 440 g/mol. The first-order valence-electron chi connectivity index (χ1n) is 9.79. The maximum absolute atomic E-state index is 13.1. The summed E-state index contributed by atoms with van der Waals surface area (Å²) in [5.74, 6) is -2.51. The van der Waals surface area contributed by atoms with Crippen LogP contribution in [-0.2, 0) is 15.7 Å². The number of halogens is 3. The largest absolute Gasteiger partial charge is 0.471 e. The summed E-state index contributed by atoms with van der Waals surface area (Å²) in [7, 11) is 1.54. The third kappa shape index (κ3) is 5.40. The van der Waals surface area contributed by atoms with Crippen molar-refractivity contribution >= 4 is 11.8 Å². The lowest BCUT2D eigenvalue weighted by Crippen LogP contribution is -2.49. The highest BCUT2D eigenvalue weighted by Crippen LogP contribution is 2.30. The van der Waals surface area contributed by atoms with Crippen molar-refractivity contribution in [1.82, 2.24) is 20.4 Å². The zero-order valence-corrected chi connectivity index (χ0v) is 17.1. The van der Waals surface area contributed by atoms with Crippen LogP contribution in [0.3, 0.4) is 0 Å². The Morgan fingerprint density at radius 2 is 2.10 bits per heavy atom. The van der Waals surface area contributed by atoms with E-state index in [1.54, 1.807) is 18.1 Å². The summed E-state index contributed by atoms with van der Waals surface area (Å²) >= 11 is 0. The van der Waals surface area contributed by atoms with Gasteiger partial charge in [-0.2, -0.15) is 18.2 Å². The van der Waals surface area contributed by atoms with E-state index in [0.717, 1.165) is 0 Å². The van der Waals surface area contributed by atoms with Gasteiger partial charge in [0, 0.05) is 37.4 Å². The lowest BCUT2D eigenvalue weighted by Gasteiger charge is -2.37. The molecular formula is C20H23F3N4O4. The molecule has 2 aromatic rings. The van der Waals surface area contributed by atoms with E-state index in [-0.39, 0.29) is 47.3 Å². The Hall–Kier alpha value is -2.95. The number of piperidine rings is 1. The van der Waals surface area contributed by atoms with Crippen LogP contribution in [0.15, 0.2) is 28.8 Å². The fraction of sp³-hybridized carbons (Fsp3) is 0.500. The molecule has 2 amide bonds. The Kier molecular flexibility index (Phi) is 6.94. The molecular weight excluding hydrogens is 417 g/mol. The zero-order valence-electron chi connectivity index (χ0n) is 17.1. The monoisotopic (exact) mass is 440 g/mol. The van der Waals surface area contributed by atoms with Crippen molar-refractivity contribution in [3.05, 3.63) is 35.7 Å². The number of amides is 2. The van der Waals surface area contributed by atoms with Gasteiger partial charge in [0.25, 0.3) is 5.91 Å². The molecule has 0 radical (unpaired) electrons. The molecule has 2 atom stereocenters. The van der Waals surface area contributed by atoms with Crippen molar-refractivity contribution in [3.63, 3.8) is 0 Å². The highest BCUT2D eigenvalue weighted by Gasteiger charge is 2.38. The zero-order chi connectivity index (χ0) is 22.6. The molecule has 11 heteroatoms. The number of methoxy groups -OCH3 is 1. The summed E-state index contributed by atoms with van der Waals surface area (Å²) in [6, 6.07) is 5.93. The van der Waals surface area contributed by atoms with Gasteiger partial charge in [0.2, 0.25) is 11.7 Å². The third-order valence-corrected chi connectivity index (χ3v) is 5.16. The minimum Gasteiger partial charge on any atom is -0.383 e. The number of hydrogen-bond donors (Lipinski definition) is 1. The Balaban J connectivity index is 1.75. The number of benzene rings is 1. The van der Waals surface area contributed by atoms with Gasteiger partial charge in [0.1, 0.15) is 0 Å². The predicted molar refractivity (Wildman–Crippen MR) is 103 cm³/mol. The smallest absolute Gasteiger partial charge is 0.383 e. The fourth-order valence-electron chi connectivity index (χ4n) is 3.44. The van der Waals surface area contributed by atoms with Gasteiger partial charge >= 0.3 is 12.1 Å². The molecule has 1 aliphatic rings. The molecule has 1 saturated heterocycles. The highest BCUT2D eigenvalue weighted by molar-refractivity contribution is 5.96. The van der Waals surface area contributed by atoms with Gasteiger partial charge in [-0.3, -0.25) is 9.59 Å². The van der Waals surface area contributed by atoms with E-state index in [2.05, 4.69) is 20.0 Å². The van der Waals surface area contributed by atoms with Gasteiger partial charge in [-0.15, -0.1) is 0 Å². The topological polar surface area (TPSA) is 97.6 Å². The van der Waals surface area contributed by atoms with Crippen LogP contribution in [0, 0.1) is 5.92 Å². The van der Waals surface area contributed by atoms with E-state index in [1.807, 2.05) is 6.92 Å². The second kappa shape index (κ2) is 9.46. The van der Waals surface area contributed by atoms with Crippen LogP contribution in [0.25, 0.3) is 11.4 Å². The van der Waals surface area contributed by atoms with Crippen LogP contribution in [-0.4, -0.2) is 59.7 Å². The van der Waals surface area contributed by atoms with Crippen molar-refractivity contribution in [3.8, 4) is 11.4 Å². The van der Waals surface area contributed by atoms with Gasteiger partial charge in [-0.1, -0.05) is 17.3 Å². The first-order valence-corrected chi connectivity index (χ1v) is 9.79. The summed E-state index contributed by atoms with van der Waals surface area (Å²) in [4.78, 5) is 30.5. The van der Waals surface area contributed by atoms with Crippen LogP contribution in [0.5, 0.6) is 0 Å². The molecule has 8 nitrogen and oxygen atoms in total. The van der Waals surface area contributed by atoms with E-state index in [0.29, 0.717) is 26.0 Å². The fourth-order valence-corrected chi connectivity index (χ4v) is 3.44. The molecule has 1 aromatic carbocycles. The Morgan fingerprint density at radius 1 is 1.32 bits per heavy atom. The minimum absolute atomic E-state index is 0.0822. The number of alkyl halides is 3. The molecule has 1 N–H and O–H groups in total. The summed E-state index contributed by atoms with van der Waals surface area (Å²) in [5.41, 5.74) is 0.492. The third-order valence-electron chi connectivity index (χ3n) is 5.16. The lowest BCUT2D eigenvalue weighted by molar-refractivity contribution is -0.159. The molecule has 2 heterocycles. The Bertz CT molecular complexity index is 931. The molecule has 1 fully saturated rings. The molecule has 0 unspecified atom stereocenters. The van der Waals surface area contributed by atoms with Crippen LogP contribution in [0.4, 0.5) is 13.2 Å². The second-order valence-corrected chi connectivity index (χ2v) is 7.37. The van der Waals surface area contributed by atoms with Gasteiger partial charge in [-0.25, -0.2) is 0 Å². The number of carbonyl (C=O) groups excluding carboxylic acids is 2. The van der Waals surface area contributed by atoms with E-state index in [9.17, 15) is 22.8 Å². The van der Waals surface area contributed by atoms with Crippen LogP contribution >= 0.6 is 0 Å². The number of rotatable bonds is 6. The van der Waals surface area contributed by atoms with Gasteiger partial charge < -0.3 is 19.5 Å². The van der Waals surface area contributed by atoms with Crippen LogP contribution in [0.1, 0.15) is 36.0 Å². The minimum atomic E-state index is -4.75. The van der Waals surface area contributed by atoms with Crippen LogP contribution in [0.2, 0.25) is 0 Å². The first kappa shape index (κ1) is 22.7. The average Bonchev–Trinajstić information content (AvgIpc) is 3.25. The SMILES string of the molecule is COCCNC(=O)[C@H]1CC[C@H](C)N(C(=O)c2cccc(-c3noc(C(F)(F)F)n3)c2)C1. The number of nitrogens with zero attached hydrogens (tertiary/aromatic N) is 3. The molecule has 3 rings (SSSR count). The van der Waals surface area contributed by atoms with Crippen molar-refractivity contribution < 1.29 is 32.0 Å². The van der Waals surface area contributed by atoms with E-state index < -0.39 is 12.1 Å². The molecule has 0 bridgehead atoms. The summed E-state index contributed by atoms with van der Waals surface area (Å²) < 4.78 is 47.3. The Morgan fingerprint density at radius 3 is 2.77 bits per heavy atom. The van der Waals surface area contributed by atoms with Crippen molar-refractivity contribution in [2.45, 2.75) is 32.0 Å². The number of ether oxygens (including phenoxy) is 1. The maximum atomic E-state index is 13.1. The molecule has 0 saturated carbocycles. The Labute approximate surface area is 176 Å². The lowest BCUT2D eigenvalue weighted by atomic mass is 9.92. The number of carbonyl (C=O) groups is 2.